The summed E-state index contributed by atoms with van der Waals surface area (Å²) in [5.41, 5.74) is 5.46. The minimum Gasteiger partial charge on any atom is -0.465 e. The zero-order valence-electron chi connectivity index (χ0n) is 10.9. The molecule has 9 heteroatoms. The van der Waals surface area contributed by atoms with E-state index in [-0.39, 0.29) is 34.4 Å². The topological polar surface area (TPSA) is 98.5 Å². The number of carbonyl (C=O) groups is 1. The van der Waals surface area contributed by atoms with E-state index in [2.05, 4.69) is 9.46 Å². The van der Waals surface area contributed by atoms with Gasteiger partial charge in [0.25, 0.3) is 0 Å². The van der Waals surface area contributed by atoms with Gasteiger partial charge in [-0.25, -0.2) is 17.9 Å². The summed E-state index contributed by atoms with van der Waals surface area (Å²) in [5.74, 6) is -0.628. The quantitative estimate of drug-likeness (QED) is 0.782. The van der Waals surface area contributed by atoms with Gasteiger partial charge in [0.1, 0.15) is 0 Å². The fourth-order valence-electron chi connectivity index (χ4n) is 1.32. The van der Waals surface area contributed by atoms with Crippen LogP contribution in [0.2, 0.25) is 5.02 Å². The first-order valence-corrected chi connectivity index (χ1v) is 7.28. The maximum Gasteiger partial charge on any atom is 0.339 e. The number of carbonyl (C=O) groups excluding carboxylic acids is 1. The molecule has 1 aromatic carbocycles. The van der Waals surface area contributed by atoms with Gasteiger partial charge in [-0.2, -0.15) is 0 Å². The summed E-state index contributed by atoms with van der Waals surface area (Å²) in [6.07, 6.45) is 0. The average molecular weight is 343 g/mol. The number of sulfonamides is 1. The Morgan fingerprint density at radius 3 is 2.55 bits per heavy atom. The highest BCUT2D eigenvalue weighted by Gasteiger charge is 2.19. The first-order chi connectivity index (χ1) is 8.81. The van der Waals surface area contributed by atoms with Crippen molar-refractivity contribution in [3.63, 3.8) is 0 Å². The minimum atomic E-state index is -3.71. The van der Waals surface area contributed by atoms with Gasteiger partial charge in [-0.1, -0.05) is 11.6 Å². The molecule has 1 aromatic rings. The number of esters is 1. The number of nitrogens with two attached hydrogens (primary N) is 1. The van der Waals surface area contributed by atoms with E-state index in [1.165, 1.54) is 25.3 Å². The molecule has 0 amide bonds. The van der Waals surface area contributed by atoms with E-state index < -0.39 is 22.0 Å². The maximum atomic E-state index is 12.0. The minimum absolute atomic E-state index is 0. The molecule has 0 aromatic heterocycles. The summed E-state index contributed by atoms with van der Waals surface area (Å²) in [6, 6.07) is 3.38. The molecule has 0 spiro atoms. The largest absolute Gasteiger partial charge is 0.465 e. The monoisotopic (exact) mass is 342 g/mol. The van der Waals surface area contributed by atoms with Gasteiger partial charge in [-0.15, -0.1) is 12.4 Å². The molecular formula is C11H16Cl2N2O4S. The van der Waals surface area contributed by atoms with Crippen molar-refractivity contribution >= 4 is 40.0 Å². The van der Waals surface area contributed by atoms with Gasteiger partial charge in [0.2, 0.25) is 10.0 Å². The SMILES string of the molecule is COC(=O)c1ccc(S(=O)(=O)N[C@@H](C)CN)cc1Cl.Cl. The molecular weight excluding hydrogens is 327 g/mol. The highest BCUT2D eigenvalue weighted by atomic mass is 35.5. The van der Waals surface area contributed by atoms with Crippen molar-refractivity contribution in [3.8, 4) is 0 Å². The molecule has 0 unspecified atom stereocenters. The molecule has 0 aliphatic carbocycles. The molecule has 0 aliphatic rings. The third-order valence-corrected chi connectivity index (χ3v) is 4.27. The van der Waals surface area contributed by atoms with E-state index in [9.17, 15) is 13.2 Å². The standard InChI is InChI=1S/C11H15ClN2O4S.ClH/c1-7(6-13)14-19(16,17)8-3-4-9(10(12)5-8)11(15)18-2;/h3-5,7,14H,6,13H2,1-2H3;1H/t7-;/m0./s1. The fourth-order valence-corrected chi connectivity index (χ4v) is 2.92. The summed E-state index contributed by atoms with van der Waals surface area (Å²) in [6.45, 7) is 1.81. The lowest BCUT2D eigenvalue weighted by atomic mass is 10.2. The number of rotatable bonds is 5. The van der Waals surface area contributed by atoms with E-state index in [1.807, 2.05) is 0 Å². The van der Waals surface area contributed by atoms with Crippen molar-refractivity contribution in [1.29, 1.82) is 0 Å². The normalized spacial score (nSPS) is 12.4. The van der Waals surface area contributed by atoms with Crippen molar-refractivity contribution in [1.82, 2.24) is 4.72 Å². The Hall–Kier alpha value is -0.860. The van der Waals surface area contributed by atoms with Crippen LogP contribution in [0.4, 0.5) is 0 Å². The number of halogens is 2. The maximum absolute atomic E-state index is 12.0. The van der Waals surface area contributed by atoms with Crippen LogP contribution in [-0.4, -0.2) is 34.1 Å². The number of benzene rings is 1. The average Bonchev–Trinajstić information content (AvgIpc) is 2.37. The van der Waals surface area contributed by atoms with Crippen LogP contribution in [0, 0.1) is 0 Å². The Bertz CT molecular complexity index is 578. The molecule has 0 heterocycles. The summed E-state index contributed by atoms with van der Waals surface area (Å²) in [5, 5.41) is 0.00938. The summed E-state index contributed by atoms with van der Waals surface area (Å²) in [7, 11) is -2.49. The Labute approximate surface area is 129 Å². The molecule has 1 rings (SSSR count). The number of methoxy groups -OCH3 is 1. The molecule has 20 heavy (non-hydrogen) atoms. The Morgan fingerprint density at radius 2 is 2.10 bits per heavy atom. The third-order valence-electron chi connectivity index (χ3n) is 2.37. The first-order valence-electron chi connectivity index (χ1n) is 5.42. The summed E-state index contributed by atoms with van der Waals surface area (Å²) >= 11 is 5.86. The molecule has 0 saturated heterocycles. The van der Waals surface area contributed by atoms with Gasteiger partial charge in [-0.3, -0.25) is 0 Å². The Morgan fingerprint density at radius 1 is 1.50 bits per heavy atom. The van der Waals surface area contributed by atoms with E-state index in [0.717, 1.165) is 0 Å². The number of nitrogens with one attached hydrogen (secondary N) is 1. The van der Waals surface area contributed by atoms with Gasteiger partial charge in [0.05, 0.1) is 22.6 Å². The van der Waals surface area contributed by atoms with Crippen LogP contribution < -0.4 is 10.5 Å². The smallest absolute Gasteiger partial charge is 0.339 e. The third kappa shape index (κ3) is 4.60. The predicted octanol–water partition coefficient (Wildman–Crippen LogP) is 1.17. The molecule has 114 valence electrons. The van der Waals surface area contributed by atoms with Crippen LogP contribution in [-0.2, 0) is 14.8 Å². The first kappa shape index (κ1) is 19.1. The molecule has 0 fully saturated rings. The Balaban J connectivity index is 0.00000361. The van der Waals surface area contributed by atoms with Crippen molar-refractivity contribution in [2.75, 3.05) is 13.7 Å². The van der Waals surface area contributed by atoms with E-state index >= 15 is 0 Å². The van der Waals surface area contributed by atoms with Crippen LogP contribution in [0.5, 0.6) is 0 Å². The van der Waals surface area contributed by atoms with E-state index in [4.69, 9.17) is 17.3 Å². The van der Waals surface area contributed by atoms with E-state index in [0.29, 0.717) is 0 Å². The summed E-state index contributed by atoms with van der Waals surface area (Å²) in [4.78, 5) is 11.3. The van der Waals surface area contributed by atoms with Crippen molar-refractivity contribution in [3.05, 3.63) is 28.8 Å². The molecule has 0 aliphatic heterocycles. The van der Waals surface area contributed by atoms with Crippen LogP contribution in [0.3, 0.4) is 0 Å². The Kier molecular flexibility index (Phi) is 7.46. The highest BCUT2D eigenvalue weighted by Crippen LogP contribution is 2.21. The van der Waals surface area contributed by atoms with Crippen LogP contribution in [0.1, 0.15) is 17.3 Å². The van der Waals surface area contributed by atoms with Crippen LogP contribution in [0.25, 0.3) is 0 Å². The highest BCUT2D eigenvalue weighted by molar-refractivity contribution is 7.89. The zero-order chi connectivity index (χ0) is 14.6. The van der Waals surface area contributed by atoms with Gasteiger partial charge >= 0.3 is 5.97 Å². The van der Waals surface area contributed by atoms with Gasteiger partial charge in [-0.05, 0) is 25.1 Å². The molecule has 0 bridgehead atoms. The lowest BCUT2D eigenvalue weighted by Gasteiger charge is -2.12. The lowest BCUT2D eigenvalue weighted by molar-refractivity contribution is 0.0601. The predicted molar refractivity (Wildman–Crippen MR) is 78.9 cm³/mol. The number of ether oxygens (including phenoxy) is 1. The van der Waals surface area contributed by atoms with Gasteiger partial charge in [0, 0.05) is 12.6 Å². The molecule has 1 atom stereocenters. The lowest BCUT2D eigenvalue weighted by Crippen LogP contribution is -2.37. The van der Waals surface area contributed by atoms with Crippen LogP contribution >= 0.6 is 24.0 Å². The molecule has 0 radical (unpaired) electrons. The van der Waals surface area contributed by atoms with Gasteiger partial charge in [0.15, 0.2) is 0 Å². The molecule has 0 saturated carbocycles. The molecule has 6 nitrogen and oxygen atoms in total. The molecule has 3 N–H and O–H groups in total. The van der Waals surface area contributed by atoms with Crippen LogP contribution in [0.15, 0.2) is 23.1 Å². The summed E-state index contributed by atoms with van der Waals surface area (Å²) < 4.78 is 30.8. The van der Waals surface area contributed by atoms with Gasteiger partial charge < -0.3 is 10.5 Å². The zero-order valence-corrected chi connectivity index (χ0v) is 13.3. The van der Waals surface area contributed by atoms with E-state index in [1.54, 1.807) is 6.92 Å². The van der Waals surface area contributed by atoms with Crippen molar-refractivity contribution in [2.24, 2.45) is 5.73 Å². The fraction of sp³-hybridized carbons (Fsp3) is 0.364. The second kappa shape index (κ2) is 7.80. The second-order valence-corrected chi connectivity index (χ2v) is 6.01. The second-order valence-electron chi connectivity index (χ2n) is 3.89. The van der Waals surface area contributed by atoms with Crippen molar-refractivity contribution < 1.29 is 17.9 Å². The van der Waals surface area contributed by atoms with Crippen molar-refractivity contribution in [2.45, 2.75) is 17.9 Å². The number of hydrogen-bond donors (Lipinski definition) is 2. The number of hydrogen-bond acceptors (Lipinski definition) is 5.